The molecule has 2 aromatic heterocycles. The maximum atomic E-state index is 13.2. The second kappa shape index (κ2) is 7.36. The minimum Gasteiger partial charge on any atom is -0.382 e. The van der Waals surface area contributed by atoms with Crippen LogP contribution < -0.4 is 5.73 Å². The first-order valence-corrected chi connectivity index (χ1v) is 9.00. The van der Waals surface area contributed by atoms with Crippen LogP contribution in [0.3, 0.4) is 0 Å². The third kappa shape index (κ3) is 3.62. The highest BCUT2D eigenvalue weighted by atomic mass is 35.5. The summed E-state index contributed by atoms with van der Waals surface area (Å²) in [5.41, 5.74) is 8.01. The first kappa shape index (κ1) is 17.0. The van der Waals surface area contributed by atoms with Crippen molar-refractivity contribution in [2.75, 3.05) is 11.5 Å². The molecular formula is C16H17ClFN5S. The van der Waals surface area contributed by atoms with Crippen molar-refractivity contribution in [2.45, 2.75) is 31.5 Å². The van der Waals surface area contributed by atoms with Crippen LogP contribution in [0.1, 0.15) is 25.3 Å². The molecule has 126 valence electrons. The first-order chi connectivity index (χ1) is 11.6. The molecule has 0 aliphatic carbocycles. The van der Waals surface area contributed by atoms with Crippen LogP contribution in [-0.2, 0) is 6.54 Å². The number of benzene rings is 1. The van der Waals surface area contributed by atoms with E-state index in [4.69, 9.17) is 17.3 Å². The Kier molecular flexibility index (Phi) is 5.20. The van der Waals surface area contributed by atoms with E-state index < -0.39 is 0 Å². The number of aromatic nitrogens is 4. The number of hydrogen-bond donors (Lipinski definition) is 1. The lowest BCUT2D eigenvalue weighted by molar-refractivity contribution is 0.626. The van der Waals surface area contributed by atoms with Crippen LogP contribution in [0.5, 0.6) is 0 Å². The molecular weight excluding hydrogens is 349 g/mol. The Hall–Kier alpha value is -1.86. The number of nitrogens with two attached hydrogens (primary N) is 1. The van der Waals surface area contributed by atoms with Gasteiger partial charge < -0.3 is 10.3 Å². The zero-order valence-electron chi connectivity index (χ0n) is 13.2. The largest absolute Gasteiger partial charge is 0.382 e. The van der Waals surface area contributed by atoms with Gasteiger partial charge in [-0.1, -0.05) is 42.8 Å². The number of thioether (sulfide) groups is 1. The molecule has 0 fully saturated rings. The van der Waals surface area contributed by atoms with Gasteiger partial charge in [0.25, 0.3) is 0 Å². The Balaban J connectivity index is 1.93. The summed E-state index contributed by atoms with van der Waals surface area (Å²) >= 11 is 7.69. The highest BCUT2D eigenvalue weighted by Crippen LogP contribution is 2.24. The van der Waals surface area contributed by atoms with E-state index in [0.717, 1.165) is 24.2 Å². The van der Waals surface area contributed by atoms with E-state index in [9.17, 15) is 4.39 Å². The van der Waals surface area contributed by atoms with Crippen molar-refractivity contribution in [3.05, 3.63) is 40.9 Å². The molecule has 0 amide bonds. The predicted molar refractivity (Wildman–Crippen MR) is 95.9 cm³/mol. The van der Waals surface area contributed by atoms with Crippen LogP contribution in [0, 0.1) is 5.82 Å². The SMILES string of the molecule is CCCCSc1nc(N)c2ncn(Cc3ccc(F)cc3Cl)c2n1. The van der Waals surface area contributed by atoms with E-state index in [-0.39, 0.29) is 5.82 Å². The Bertz CT molecular complexity index is 867. The fraction of sp³-hybridized carbons (Fsp3) is 0.312. The molecule has 0 atom stereocenters. The molecule has 0 bridgehead atoms. The van der Waals surface area contributed by atoms with E-state index in [0.29, 0.717) is 33.7 Å². The topological polar surface area (TPSA) is 69.6 Å². The van der Waals surface area contributed by atoms with Gasteiger partial charge >= 0.3 is 0 Å². The monoisotopic (exact) mass is 365 g/mol. The summed E-state index contributed by atoms with van der Waals surface area (Å²) in [6, 6.07) is 4.34. The Morgan fingerprint density at radius 1 is 1.33 bits per heavy atom. The lowest BCUT2D eigenvalue weighted by atomic mass is 10.2. The van der Waals surface area contributed by atoms with Crippen LogP contribution in [0.4, 0.5) is 10.2 Å². The molecule has 2 N–H and O–H groups in total. The summed E-state index contributed by atoms with van der Waals surface area (Å²) in [4.78, 5) is 13.2. The number of imidazole rings is 1. The molecule has 0 radical (unpaired) electrons. The first-order valence-electron chi connectivity index (χ1n) is 7.63. The zero-order valence-corrected chi connectivity index (χ0v) is 14.7. The average Bonchev–Trinajstić information content (AvgIpc) is 2.94. The van der Waals surface area contributed by atoms with E-state index in [1.54, 1.807) is 24.2 Å². The molecule has 0 spiro atoms. The Morgan fingerprint density at radius 3 is 2.92 bits per heavy atom. The van der Waals surface area contributed by atoms with Gasteiger partial charge in [0.05, 0.1) is 12.9 Å². The fourth-order valence-electron chi connectivity index (χ4n) is 2.27. The van der Waals surface area contributed by atoms with E-state index in [1.807, 2.05) is 4.57 Å². The molecule has 0 unspecified atom stereocenters. The minimum absolute atomic E-state index is 0.361. The standard InChI is InChI=1S/C16H17ClFN5S/c1-2-3-6-24-16-21-14(19)13-15(22-16)23(9-20-13)8-10-4-5-11(18)7-12(10)17/h4-5,7,9H,2-3,6,8H2,1H3,(H2,19,21,22). The number of nitrogens with zero attached hydrogens (tertiary/aromatic N) is 4. The minimum atomic E-state index is -0.361. The van der Waals surface area contributed by atoms with Crippen molar-refractivity contribution in [3.63, 3.8) is 0 Å². The number of unbranched alkanes of at least 4 members (excludes halogenated alkanes) is 1. The summed E-state index contributed by atoms with van der Waals surface area (Å²) in [6.45, 7) is 2.58. The third-order valence-corrected chi connectivity index (χ3v) is 4.84. The van der Waals surface area contributed by atoms with Gasteiger partial charge in [0.15, 0.2) is 16.6 Å². The van der Waals surface area contributed by atoms with Crippen molar-refractivity contribution in [1.82, 2.24) is 19.5 Å². The van der Waals surface area contributed by atoms with Crippen LogP contribution in [0.15, 0.2) is 29.7 Å². The third-order valence-electron chi connectivity index (χ3n) is 3.56. The van der Waals surface area contributed by atoms with Gasteiger partial charge in [0, 0.05) is 10.8 Å². The number of rotatable bonds is 6. The van der Waals surface area contributed by atoms with Gasteiger partial charge in [-0.3, -0.25) is 0 Å². The lowest BCUT2D eigenvalue weighted by Crippen LogP contribution is -2.03. The van der Waals surface area contributed by atoms with Crippen molar-refractivity contribution < 1.29 is 4.39 Å². The Labute approximate surface area is 148 Å². The summed E-state index contributed by atoms with van der Waals surface area (Å²) < 4.78 is 15.0. The maximum absolute atomic E-state index is 13.2. The van der Waals surface area contributed by atoms with Crippen molar-refractivity contribution in [3.8, 4) is 0 Å². The molecule has 8 heteroatoms. The van der Waals surface area contributed by atoms with Gasteiger partial charge in [-0.25, -0.2) is 19.3 Å². The average molecular weight is 366 g/mol. The molecule has 0 aliphatic heterocycles. The molecule has 3 rings (SSSR count). The van der Waals surface area contributed by atoms with Crippen LogP contribution >= 0.6 is 23.4 Å². The van der Waals surface area contributed by atoms with Gasteiger partial charge in [-0.2, -0.15) is 0 Å². The highest BCUT2D eigenvalue weighted by molar-refractivity contribution is 7.99. The molecule has 0 saturated carbocycles. The van der Waals surface area contributed by atoms with Gasteiger partial charge in [0.1, 0.15) is 11.3 Å². The van der Waals surface area contributed by atoms with Crippen LogP contribution in [0.25, 0.3) is 11.2 Å². The smallest absolute Gasteiger partial charge is 0.191 e. The van der Waals surface area contributed by atoms with Gasteiger partial charge in [-0.05, 0) is 24.1 Å². The second-order valence-electron chi connectivity index (χ2n) is 5.37. The molecule has 1 aromatic carbocycles. The van der Waals surface area contributed by atoms with Crippen LogP contribution in [0.2, 0.25) is 5.02 Å². The fourth-order valence-corrected chi connectivity index (χ4v) is 3.42. The summed E-state index contributed by atoms with van der Waals surface area (Å²) in [6.07, 6.45) is 3.86. The highest BCUT2D eigenvalue weighted by Gasteiger charge is 2.13. The number of fused-ring (bicyclic) bond motifs is 1. The lowest BCUT2D eigenvalue weighted by Gasteiger charge is -2.07. The predicted octanol–water partition coefficient (Wildman–Crippen LogP) is 4.14. The summed E-state index contributed by atoms with van der Waals surface area (Å²) in [5, 5.41) is 1.01. The van der Waals surface area contributed by atoms with Gasteiger partial charge in [0.2, 0.25) is 0 Å². The van der Waals surface area contributed by atoms with E-state index in [1.165, 1.54) is 12.1 Å². The second-order valence-corrected chi connectivity index (χ2v) is 6.84. The quantitative estimate of drug-likeness (QED) is 0.404. The van der Waals surface area contributed by atoms with Crippen molar-refractivity contribution >= 4 is 40.3 Å². The van der Waals surface area contributed by atoms with Crippen molar-refractivity contribution in [2.24, 2.45) is 0 Å². The maximum Gasteiger partial charge on any atom is 0.191 e. The normalized spacial score (nSPS) is 11.3. The van der Waals surface area contributed by atoms with E-state index >= 15 is 0 Å². The Morgan fingerprint density at radius 2 is 2.17 bits per heavy atom. The molecule has 0 aliphatic rings. The number of nitrogen functional groups attached to an aromatic ring is 1. The molecule has 2 heterocycles. The molecule has 0 saturated heterocycles. The van der Waals surface area contributed by atoms with Gasteiger partial charge in [-0.15, -0.1) is 0 Å². The molecule has 5 nitrogen and oxygen atoms in total. The van der Waals surface area contributed by atoms with Crippen molar-refractivity contribution in [1.29, 1.82) is 0 Å². The van der Waals surface area contributed by atoms with E-state index in [2.05, 4.69) is 21.9 Å². The van der Waals surface area contributed by atoms with Crippen LogP contribution in [-0.4, -0.2) is 25.3 Å². The molecule has 3 aromatic rings. The number of anilines is 1. The zero-order chi connectivity index (χ0) is 17.1. The summed E-state index contributed by atoms with van der Waals surface area (Å²) in [7, 11) is 0. The number of hydrogen-bond acceptors (Lipinski definition) is 5. The molecule has 24 heavy (non-hydrogen) atoms. The number of halogens is 2. The summed E-state index contributed by atoms with van der Waals surface area (Å²) in [5.74, 6) is 0.947.